The molecule has 188 valence electrons. The first kappa shape index (κ1) is 22.5. The molecule has 4 nitrogen and oxygen atoms in total. The van der Waals surface area contributed by atoms with Crippen LogP contribution >= 0.6 is 0 Å². The van der Waals surface area contributed by atoms with Gasteiger partial charge < -0.3 is 0 Å². The van der Waals surface area contributed by atoms with Crippen LogP contribution in [0.3, 0.4) is 0 Å². The van der Waals surface area contributed by atoms with E-state index in [4.69, 9.17) is 10.1 Å². The van der Waals surface area contributed by atoms with Gasteiger partial charge in [-0.2, -0.15) is 5.10 Å². The Balaban J connectivity index is 1.33. The number of rotatable bonds is 4. The van der Waals surface area contributed by atoms with E-state index in [1.165, 1.54) is 10.8 Å². The maximum absolute atomic E-state index is 5.08. The Bertz CT molecular complexity index is 2140. The standard InChI is InChI=1S/C36H24N4/c1-3-11-26(12-4-1)35-34(33-23-28-15-7-8-16-29(28)24-39(33)38-35)25-19-21-30(22-20-25)40-32-18-10-9-17-31(32)37-36(40)27-13-5-2-6-14-27/h1-24H. The van der Waals surface area contributed by atoms with Crippen LogP contribution in [0.5, 0.6) is 0 Å². The summed E-state index contributed by atoms with van der Waals surface area (Å²) in [5.74, 6) is 0.932. The highest BCUT2D eigenvalue weighted by Crippen LogP contribution is 2.37. The van der Waals surface area contributed by atoms with Crippen LogP contribution in [-0.2, 0) is 0 Å². The summed E-state index contributed by atoms with van der Waals surface area (Å²) in [7, 11) is 0. The van der Waals surface area contributed by atoms with Crippen molar-refractivity contribution in [3.05, 3.63) is 146 Å². The highest BCUT2D eigenvalue weighted by atomic mass is 15.2. The molecule has 5 aromatic carbocycles. The molecule has 0 aliphatic rings. The second kappa shape index (κ2) is 9.07. The molecule has 8 aromatic rings. The molecule has 0 N–H and O–H groups in total. The third-order valence-corrected chi connectivity index (χ3v) is 7.55. The van der Waals surface area contributed by atoms with Crippen molar-refractivity contribution in [2.75, 3.05) is 0 Å². The molecule has 4 heteroatoms. The maximum atomic E-state index is 5.08. The summed E-state index contributed by atoms with van der Waals surface area (Å²) in [6.45, 7) is 0. The average Bonchev–Trinajstić information content (AvgIpc) is 3.60. The van der Waals surface area contributed by atoms with Gasteiger partial charge in [0.2, 0.25) is 0 Å². The molecule has 0 saturated heterocycles. The van der Waals surface area contributed by atoms with Gasteiger partial charge in [0.1, 0.15) is 11.5 Å². The smallest absolute Gasteiger partial charge is 0.145 e. The van der Waals surface area contributed by atoms with Crippen LogP contribution in [0.4, 0.5) is 0 Å². The molecule has 0 radical (unpaired) electrons. The van der Waals surface area contributed by atoms with E-state index in [9.17, 15) is 0 Å². The number of imidazole rings is 1. The van der Waals surface area contributed by atoms with Gasteiger partial charge in [0, 0.05) is 34.0 Å². The minimum Gasteiger partial charge on any atom is -0.292 e. The summed E-state index contributed by atoms with van der Waals surface area (Å²) in [6, 6.07) is 48.6. The number of nitrogens with zero attached hydrogens (tertiary/aromatic N) is 4. The van der Waals surface area contributed by atoms with E-state index in [-0.39, 0.29) is 0 Å². The maximum Gasteiger partial charge on any atom is 0.145 e. The van der Waals surface area contributed by atoms with E-state index >= 15 is 0 Å². The van der Waals surface area contributed by atoms with E-state index in [2.05, 4.69) is 132 Å². The third-order valence-electron chi connectivity index (χ3n) is 7.55. The van der Waals surface area contributed by atoms with Crippen LogP contribution in [-0.4, -0.2) is 19.2 Å². The van der Waals surface area contributed by atoms with Crippen molar-refractivity contribution in [3.63, 3.8) is 0 Å². The van der Waals surface area contributed by atoms with Crippen molar-refractivity contribution in [2.24, 2.45) is 0 Å². The predicted molar refractivity (Wildman–Crippen MR) is 164 cm³/mol. The monoisotopic (exact) mass is 512 g/mol. The highest BCUT2D eigenvalue weighted by Gasteiger charge is 2.18. The van der Waals surface area contributed by atoms with Gasteiger partial charge >= 0.3 is 0 Å². The molecular weight excluding hydrogens is 488 g/mol. The number of hydrogen-bond donors (Lipinski definition) is 0. The number of para-hydroxylation sites is 2. The van der Waals surface area contributed by atoms with Gasteiger partial charge in [0.25, 0.3) is 0 Å². The van der Waals surface area contributed by atoms with Crippen molar-refractivity contribution in [3.8, 4) is 39.5 Å². The zero-order valence-electron chi connectivity index (χ0n) is 21.6. The van der Waals surface area contributed by atoms with Crippen LogP contribution < -0.4 is 0 Å². The molecule has 3 aromatic heterocycles. The lowest BCUT2D eigenvalue weighted by Gasteiger charge is -2.11. The van der Waals surface area contributed by atoms with Gasteiger partial charge in [0.05, 0.1) is 16.6 Å². The van der Waals surface area contributed by atoms with Crippen molar-refractivity contribution < 1.29 is 0 Å². The average molecular weight is 513 g/mol. The molecule has 0 atom stereocenters. The zero-order chi connectivity index (χ0) is 26.5. The highest BCUT2D eigenvalue weighted by molar-refractivity contribution is 5.97. The van der Waals surface area contributed by atoms with E-state index in [0.717, 1.165) is 56.0 Å². The predicted octanol–water partition coefficient (Wildman–Crippen LogP) is 8.83. The molecule has 0 saturated carbocycles. The van der Waals surface area contributed by atoms with Crippen molar-refractivity contribution in [2.45, 2.75) is 0 Å². The molecule has 0 spiro atoms. The summed E-state index contributed by atoms with van der Waals surface area (Å²) >= 11 is 0. The first-order chi connectivity index (χ1) is 19.8. The molecule has 3 heterocycles. The lowest BCUT2D eigenvalue weighted by molar-refractivity contribution is 0.974. The van der Waals surface area contributed by atoms with Crippen LogP contribution in [0.1, 0.15) is 0 Å². The van der Waals surface area contributed by atoms with Gasteiger partial charge in [-0.25, -0.2) is 9.50 Å². The summed E-state index contributed by atoms with van der Waals surface area (Å²) < 4.78 is 4.26. The lowest BCUT2D eigenvalue weighted by Crippen LogP contribution is -1.97. The van der Waals surface area contributed by atoms with E-state index in [1.54, 1.807) is 0 Å². The molecular formula is C36H24N4. The van der Waals surface area contributed by atoms with Gasteiger partial charge in [-0.05, 0) is 41.3 Å². The number of benzene rings is 5. The van der Waals surface area contributed by atoms with Crippen molar-refractivity contribution in [1.82, 2.24) is 19.2 Å². The largest absolute Gasteiger partial charge is 0.292 e. The number of hydrogen-bond acceptors (Lipinski definition) is 2. The topological polar surface area (TPSA) is 35.1 Å². The molecule has 0 unspecified atom stereocenters. The van der Waals surface area contributed by atoms with Gasteiger partial charge in [0.15, 0.2) is 0 Å². The third kappa shape index (κ3) is 3.62. The summed E-state index contributed by atoms with van der Waals surface area (Å²) in [6.07, 6.45) is 2.12. The molecule has 0 fully saturated rings. The second-order valence-corrected chi connectivity index (χ2v) is 9.99. The first-order valence-electron chi connectivity index (χ1n) is 13.4. The van der Waals surface area contributed by atoms with E-state index in [0.29, 0.717) is 0 Å². The Kier molecular flexibility index (Phi) is 5.10. The fourth-order valence-corrected chi connectivity index (χ4v) is 5.65. The SMILES string of the molecule is c1ccc(-c2nn3cc4ccccc4cc3c2-c2ccc(-n3c(-c4ccccc4)nc4ccccc43)cc2)cc1. The molecule has 0 aliphatic heterocycles. The number of aromatic nitrogens is 4. The zero-order valence-corrected chi connectivity index (χ0v) is 21.6. The minimum absolute atomic E-state index is 0.932. The van der Waals surface area contributed by atoms with Crippen LogP contribution in [0, 0.1) is 0 Å². The fraction of sp³-hybridized carbons (Fsp3) is 0. The Hall–Kier alpha value is -5.48. The molecule has 8 rings (SSSR count). The lowest BCUT2D eigenvalue weighted by atomic mass is 9.99. The minimum atomic E-state index is 0.932. The van der Waals surface area contributed by atoms with Gasteiger partial charge in [-0.3, -0.25) is 4.57 Å². The van der Waals surface area contributed by atoms with E-state index < -0.39 is 0 Å². The molecule has 0 aliphatic carbocycles. The van der Waals surface area contributed by atoms with Gasteiger partial charge in [-0.15, -0.1) is 0 Å². The van der Waals surface area contributed by atoms with Crippen LogP contribution in [0.15, 0.2) is 146 Å². The van der Waals surface area contributed by atoms with Crippen LogP contribution in [0.2, 0.25) is 0 Å². The summed E-state index contributed by atoms with van der Waals surface area (Å²) in [5.41, 5.74) is 9.63. The number of pyridine rings is 1. The fourth-order valence-electron chi connectivity index (χ4n) is 5.65. The van der Waals surface area contributed by atoms with Crippen LogP contribution in [0.25, 0.3) is 66.8 Å². The molecule has 0 amide bonds. The quantitative estimate of drug-likeness (QED) is 0.236. The number of fused-ring (bicyclic) bond motifs is 3. The second-order valence-electron chi connectivity index (χ2n) is 9.99. The van der Waals surface area contributed by atoms with Crippen molar-refractivity contribution in [1.29, 1.82) is 0 Å². The van der Waals surface area contributed by atoms with Gasteiger partial charge in [-0.1, -0.05) is 109 Å². The Morgan fingerprint density at radius 2 is 1.15 bits per heavy atom. The Labute approximate surface area is 231 Å². The molecule has 40 heavy (non-hydrogen) atoms. The first-order valence-corrected chi connectivity index (χ1v) is 13.4. The van der Waals surface area contributed by atoms with E-state index in [1.807, 2.05) is 22.7 Å². The Morgan fingerprint density at radius 1 is 0.500 bits per heavy atom. The van der Waals surface area contributed by atoms with Crippen molar-refractivity contribution >= 4 is 27.3 Å². The molecule has 0 bridgehead atoms. The summed E-state index contributed by atoms with van der Waals surface area (Å²) in [4.78, 5) is 5.00. The Morgan fingerprint density at radius 3 is 1.93 bits per heavy atom. The normalized spacial score (nSPS) is 11.5. The summed E-state index contributed by atoms with van der Waals surface area (Å²) in [5, 5.41) is 7.44.